The number of hydrogen-bond donors (Lipinski definition) is 2. The minimum Gasteiger partial charge on any atom is -0.429 e. The molecule has 4 rings (SSSR count). The lowest BCUT2D eigenvalue weighted by Gasteiger charge is -2.24. The summed E-state index contributed by atoms with van der Waals surface area (Å²) in [7, 11) is 3.84. The molecule has 0 amide bonds. The maximum atomic E-state index is 12.2. The Balaban J connectivity index is 1.59. The Labute approximate surface area is 182 Å². The van der Waals surface area contributed by atoms with Crippen molar-refractivity contribution in [3.8, 4) is 0 Å². The number of pyridine rings is 1. The molecule has 2 aromatic rings. The molecule has 1 fully saturated rings. The predicted molar refractivity (Wildman–Crippen MR) is 120 cm³/mol. The van der Waals surface area contributed by atoms with Crippen molar-refractivity contribution in [3.63, 3.8) is 0 Å². The molecule has 0 aromatic carbocycles. The van der Waals surface area contributed by atoms with Crippen molar-refractivity contribution in [2.24, 2.45) is 0 Å². The maximum Gasteiger partial charge on any atom is 0.509 e. The molecule has 9 heteroatoms. The van der Waals surface area contributed by atoms with Crippen LogP contribution in [0.25, 0.3) is 11.0 Å². The van der Waals surface area contributed by atoms with E-state index >= 15 is 0 Å². The Morgan fingerprint density at radius 3 is 2.65 bits per heavy atom. The van der Waals surface area contributed by atoms with Crippen LogP contribution in [0.5, 0.6) is 0 Å². The van der Waals surface area contributed by atoms with Gasteiger partial charge in [-0.05, 0) is 65.1 Å². The summed E-state index contributed by atoms with van der Waals surface area (Å²) in [6, 6.07) is -0.157. The molecular weight excluding hydrogens is 396 g/mol. The van der Waals surface area contributed by atoms with Gasteiger partial charge in [0.1, 0.15) is 17.5 Å². The number of fused-ring (bicyclic) bond motifs is 2. The number of likely N-dealkylation sites (tertiary alicyclic amines) is 1. The lowest BCUT2D eigenvalue weighted by molar-refractivity contribution is -0.0257. The van der Waals surface area contributed by atoms with E-state index in [9.17, 15) is 4.79 Å². The van der Waals surface area contributed by atoms with Crippen molar-refractivity contribution >= 4 is 29.0 Å². The maximum absolute atomic E-state index is 12.2. The van der Waals surface area contributed by atoms with Crippen LogP contribution in [0, 0.1) is 6.92 Å². The summed E-state index contributed by atoms with van der Waals surface area (Å²) in [5.41, 5.74) is 3.77. The topological polar surface area (TPSA) is 102 Å². The Morgan fingerprint density at radius 1 is 1.16 bits per heavy atom. The molecule has 1 saturated heterocycles. The van der Waals surface area contributed by atoms with Crippen LogP contribution in [0.4, 0.5) is 16.6 Å². The minimum absolute atomic E-state index is 0.157. The second kappa shape index (κ2) is 8.11. The van der Waals surface area contributed by atoms with E-state index in [0.717, 1.165) is 36.2 Å². The second-order valence-corrected chi connectivity index (χ2v) is 9.45. The molecule has 1 aliphatic carbocycles. The van der Waals surface area contributed by atoms with Crippen molar-refractivity contribution in [3.05, 3.63) is 16.8 Å². The van der Waals surface area contributed by atoms with Crippen LogP contribution < -0.4 is 10.6 Å². The Hall–Kier alpha value is -2.68. The minimum atomic E-state index is -0.664. The molecule has 0 bridgehead atoms. The first-order chi connectivity index (χ1) is 14.6. The van der Waals surface area contributed by atoms with E-state index in [1.807, 2.05) is 34.9 Å². The van der Waals surface area contributed by atoms with Gasteiger partial charge in [-0.25, -0.2) is 9.78 Å². The van der Waals surface area contributed by atoms with Gasteiger partial charge in [-0.3, -0.25) is 0 Å². The largest absolute Gasteiger partial charge is 0.509 e. The number of hydrogen-bond acceptors (Lipinski definition) is 9. The fraction of sp³-hybridized carbons (Fsp3) is 0.636. The lowest BCUT2D eigenvalue weighted by Crippen LogP contribution is -2.38. The van der Waals surface area contributed by atoms with Crippen LogP contribution in [-0.4, -0.2) is 70.9 Å². The third-order valence-corrected chi connectivity index (χ3v) is 5.78. The molecule has 3 heterocycles. The molecule has 9 nitrogen and oxygen atoms in total. The van der Waals surface area contributed by atoms with Crippen LogP contribution in [0.15, 0.2) is 0 Å². The van der Waals surface area contributed by atoms with E-state index in [2.05, 4.69) is 22.5 Å². The zero-order valence-electron chi connectivity index (χ0n) is 19.2. The van der Waals surface area contributed by atoms with Crippen molar-refractivity contribution < 1.29 is 14.3 Å². The van der Waals surface area contributed by atoms with Crippen LogP contribution in [0.3, 0.4) is 0 Å². The third kappa shape index (κ3) is 4.51. The second-order valence-electron chi connectivity index (χ2n) is 9.45. The van der Waals surface area contributed by atoms with Crippen molar-refractivity contribution in [2.75, 3.05) is 37.8 Å². The monoisotopic (exact) mass is 428 g/mol. The SMILES string of the molecule is CNc1nc(N[C@H]2CN(C)C[C@@H]2OC(=O)OC(C)(C)C)nc2nc3c(c(C)c12)CCC3. The van der Waals surface area contributed by atoms with Crippen molar-refractivity contribution in [1.29, 1.82) is 0 Å². The average Bonchev–Trinajstić information content (AvgIpc) is 3.26. The first kappa shape index (κ1) is 21.5. The van der Waals surface area contributed by atoms with E-state index in [0.29, 0.717) is 24.7 Å². The van der Waals surface area contributed by atoms with Crippen molar-refractivity contribution in [2.45, 2.75) is 64.7 Å². The summed E-state index contributed by atoms with van der Waals surface area (Å²) in [6.07, 6.45) is 2.15. The normalized spacial score (nSPS) is 21.2. The molecule has 0 unspecified atom stereocenters. The highest BCUT2D eigenvalue weighted by Gasteiger charge is 2.36. The molecule has 2 aliphatic rings. The highest BCUT2D eigenvalue weighted by Crippen LogP contribution is 2.32. The Bertz CT molecular complexity index is 1000. The number of aryl methyl sites for hydroxylation is 2. The zero-order chi connectivity index (χ0) is 22.3. The molecule has 168 valence electrons. The number of rotatable bonds is 4. The fourth-order valence-electron chi connectivity index (χ4n) is 4.44. The Morgan fingerprint density at radius 2 is 1.94 bits per heavy atom. The summed E-state index contributed by atoms with van der Waals surface area (Å²) in [5.74, 6) is 1.22. The molecule has 0 spiro atoms. The first-order valence-corrected chi connectivity index (χ1v) is 10.9. The number of anilines is 2. The highest BCUT2D eigenvalue weighted by atomic mass is 16.7. The van der Waals surface area contributed by atoms with Gasteiger partial charge in [0.05, 0.1) is 11.4 Å². The number of carbonyl (C=O) groups excluding carboxylic acids is 1. The number of carbonyl (C=O) groups is 1. The summed E-state index contributed by atoms with van der Waals surface area (Å²) < 4.78 is 10.9. The predicted octanol–water partition coefficient (Wildman–Crippen LogP) is 2.91. The summed E-state index contributed by atoms with van der Waals surface area (Å²) in [4.78, 5) is 28.6. The van der Waals surface area contributed by atoms with Crippen LogP contribution >= 0.6 is 0 Å². The van der Waals surface area contributed by atoms with Gasteiger partial charge in [0, 0.05) is 25.8 Å². The lowest BCUT2D eigenvalue weighted by atomic mass is 10.1. The number of nitrogens with zero attached hydrogens (tertiary/aromatic N) is 4. The molecule has 2 atom stereocenters. The van der Waals surface area contributed by atoms with Crippen LogP contribution in [0.1, 0.15) is 44.0 Å². The fourth-order valence-corrected chi connectivity index (χ4v) is 4.44. The molecular formula is C22H32N6O3. The van der Waals surface area contributed by atoms with E-state index in [1.165, 1.54) is 11.1 Å². The van der Waals surface area contributed by atoms with Crippen LogP contribution in [-0.2, 0) is 22.3 Å². The molecule has 0 radical (unpaired) electrons. The number of ether oxygens (including phenoxy) is 2. The zero-order valence-corrected chi connectivity index (χ0v) is 19.2. The third-order valence-electron chi connectivity index (χ3n) is 5.78. The van der Waals surface area contributed by atoms with Gasteiger partial charge in [-0.15, -0.1) is 0 Å². The Kier molecular flexibility index (Phi) is 5.63. The van der Waals surface area contributed by atoms with Crippen LogP contribution in [0.2, 0.25) is 0 Å². The first-order valence-electron chi connectivity index (χ1n) is 10.9. The van der Waals surface area contributed by atoms with Gasteiger partial charge < -0.3 is 25.0 Å². The average molecular weight is 429 g/mol. The molecule has 2 aromatic heterocycles. The smallest absolute Gasteiger partial charge is 0.429 e. The summed E-state index contributed by atoms with van der Waals surface area (Å²) in [5, 5.41) is 7.54. The van der Waals surface area contributed by atoms with Gasteiger partial charge in [0.25, 0.3) is 0 Å². The molecule has 31 heavy (non-hydrogen) atoms. The summed E-state index contributed by atoms with van der Waals surface area (Å²) in [6.45, 7) is 8.88. The quantitative estimate of drug-likeness (QED) is 0.712. The molecule has 2 N–H and O–H groups in total. The van der Waals surface area contributed by atoms with E-state index < -0.39 is 11.8 Å². The van der Waals surface area contributed by atoms with Gasteiger partial charge in [-0.1, -0.05) is 0 Å². The van der Waals surface area contributed by atoms with Gasteiger partial charge in [0.2, 0.25) is 5.95 Å². The van der Waals surface area contributed by atoms with E-state index in [4.69, 9.17) is 24.4 Å². The van der Waals surface area contributed by atoms with E-state index in [-0.39, 0.29) is 12.1 Å². The van der Waals surface area contributed by atoms with Gasteiger partial charge >= 0.3 is 6.16 Å². The van der Waals surface area contributed by atoms with Crippen molar-refractivity contribution in [1.82, 2.24) is 19.9 Å². The summed E-state index contributed by atoms with van der Waals surface area (Å²) >= 11 is 0. The van der Waals surface area contributed by atoms with Gasteiger partial charge in [0.15, 0.2) is 5.65 Å². The standard InChI is InChI=1S/C22H32N6O3/c1-12-13-8-7-9-14(13)24-19-17(12)18(23-5)26-20(27-19)25-15-10-28(6)11-16(15)30-21(29)31-22(2,3)4/h15-16H,7-11H2,1-6H3,(H2,23,24,25,26,27)/t15-,16-/m0/s1. The number of aromatic nitrogens is 3. The van der Waals surface area contributed by atoms with E-state index in [1.54, 1.807) is 0 Å². The van der Waals surface area contributed by atoms with Gasteiger partial charge in [-0.2, -0.15) is 9.97 Å². The molecule has 0 saturated carbocycles. The number of likely N-dealkylation sites (N-methyl/N-ethyl adjacent to an activating group) is 1. The number of nitrogens with one attached hydrogen (secondary N) is 2. The highest BCUT2D eigenvalue weighted by molar-refractivity contribution is 5.91. The molecule has 1 aliphatic heterocycles.